The minimum absolute atomic E-state index is 0.201. The standard InChI is InChI=1S/C18H16F3NO4/c19-17(20,21)12-22-15(23)11-26-16(24)18(25,13-7-3-1-4-8-13)14-9-5-2-6-10-14/h1-10,25H,11-12H2,(H,22,23). The quantitative estimate of drug-likeness (QED) is 0.767. The fourth-order valence-electron chi connectivity index (χ4n) is 2.25. The van der Waals surface area contributed by atoms with Crippen LogP contribution >= 0.6 is 0 Å². The Hall–Kier alpha value is -2.87. The van der Waals surface area contributed by atoms with Gasteiger partial charge in [0.1, 0.15) is 6.54 Å². The number of esters is 1. The van der Waals surface area contributed by atoms with E-state index in [1.54, 1.807) is 41.7 Å². The molecule has 138 valence electrons. The van der Waals surface area contributed by atoms with E-state index >= 15 is 0 Å². The van der Waals surface area contributed by atoms with Crippen LogP contribution in [-0.4, -0.2) is 36.3 Å². The second kappa shape index (κ2) is 8.01. The summed E-state index contributed by atoms with van der Waals surface area (Å²) in [5.41, 5.74) is -1.80. The zero-order valence-electron chi connectivity index (χ0n) is 13.5. The number of aliphatic hydroxyl groups is 1. The molecule has 2 N–H and O–H groups in total. The van der Waals surface area contributed by atoms with E-state index in [1.165, 1.54) is 24.3 Å². The first kappa shape index (κ1) is 19.5. The maximum atomic E-state index is 12.5. The number of carbonyl (C=O) groups excluding carboxylic acids is 2. The Kier molecular flexibility index (Phi) is 5.99. The molecule has 0 unspecified atom stereocenters. The van der Waals surface area contributed by atoms with Gasteiger partial charge in [0.05, 0.1) is 0 Å². The molecule has 0 heterocycles. The number of halogens is 3. The van der Waals surface area contributed by atoms with Crippen molar-refractivity contribution in [2.75, 3.05) is 13.2 Å². The first-order valence-electron chi connectivity index (χ1n) is 7.57. The lowest BCUT2D eigenvalue weighted by atomic mass is 9.86. The molecule has 0 spiro atoms. The van der Waals surface area contributed by atoms with Gasteiger partial charge in [-0.1, -0.05) is 60.7 Å². The van der Waals surface area contributed by atoms with Crippen molar-refractivity contribution in [1.82, 2.24) is 5.32 Å². The van der Waals surface area contributed by atoms with Crippen molar-refractivity contribution in [2.24, 2.45) is 0 Å². The Morgan fingerprint density at radius 3 is 1.81 bits per heavy atom. The largest absolute Gasteiger partial charge is 0.453 e. The summed E-state index contributed by atoms with van der Waals surface area (Å²) in [6, 6.07) is 15.8. The van der Waals surface area contributed by atoms with Crippen molar-refractivity contribution in [2.45, 2.75) is 11.8 Å². The average molecular weight is 367 g/mol. The van der Waals surface area contributed by atoms with Crippen LogP contribution in [0, 0.1) is 0 Å². The highest BCUT2D eigenvalue weighted by Gasteiger charge is 2.42. The Balaban J connectivity index is 2.16. The summed E-state index contributed by atoms with van der Waals surface area (Å²) in [4.78, 5) is 23.9. The van der Waals surface area contributed by atoms with Gasteiger partial charge in [-0.25, -0.2) is 4.79 Å². The van der Waals surface area contributed by atoms with Crippen molar-refractivity contribution in [3.05, 3.63) is 71.8 Å². The van der Waals surface area contributed by atoms with E-state index in [0.29, 0.717) is 0 Å². The van der Waals surface area contributed by atoms with Gasteiger partial charge < -0.3 is 15.2 Å². The molecule has 0 atom stereocenters. The third-order valence-electron chi connectivity index (χ3n) is 3.50. The fraction of sp³-hybridized carbons (Fsp3) is 0.222. The second-order valence-electron chi connectivity index (χ2n) is 5.41. The third-order valence-corrected chi connectivity index (χ3v) is 3.50. The summed E-state index contributed by atoms with van der Waals surface area (Å²) in [7, 11) is 0. The fourth-order valence-corrected chi connectivity index (χ4v) is 2.25. The van der Waals surface area contributed by atoms with Crippen molar-refractivity contribution in [1.29, 1.82) is 0 Å². The number of hydrogen-bond donors (Lipinski definition) is 2. The van der Waals surface area contributed by atoms with Gasteiger partial charge in [-0.2, -0.15) is 13.2 Å². The van der Waals surface area contributed by atoms with E-state index in [9.17, 15) is 27.9 Å². The van der Waals surface area contributed by atoms with Crippen molar-refractivity contribution in [3.63, 3.8) is 0 Å². The van der Waals surface area contributed by atoms with E-state index in [2.05, 4.69) is 0 Å². The molecular weight excluding hydrogens is 351 g/mol. The molecule has 0 aliphatic carbocycles. The minimum Gasteiger partial charge on any atom is -0.453 e. The Bertz CT molecular complexity index is 709. The molecule has 0 radical (unpaired) electrons. The molecule has 26 heavy (non-hydrogen) atoms. The maximum absolute atomic E-state index is 12.5. The van der Waals surface area contributed by atoms with Gasteiger partial charge in [0.15, 0.2) is 6.61 Å². The predicted molar refractivity (Wildman–Crippen MR) is 85.9 cm³/mol. The summed E-state index contributed by atoms with van der Waals surface area (Å²) < 4.78 is 41.0. The minimum atomic E-state index is -4.57. The SMILES string of the molecule is O=C(COC(=O)C(O)(c1ccccc1)c1ccccc1)NCC(F)(F)F. The Morgan fingerprint density at radius 2 is 1.38 bits per heavy atom. The summed E-state index contributed by atoms with van der Waals surface area (Å²) in [5.74, 6) is -2.30. The molecule has 0 fully saturated rings. The van der Waals surface area contributed by atoms with E-state index in [4.69, 9.17) is 4.74 Å². The smallest absolute Gasteiger partial charge is 0.405 e. The van der Waals surface area contributed by atoms with E-state index in [0.717, 1.165) is 0 Å². The normalized spacial score (nSPS) is 11.7. The molecule has 8 heteroatoms. The van der Waals surface area contributed by atoms with Gasteiger partial charge >= 0.3 is 12.1 Å². The number of alkyl halides is 3. The van der Waals surface area contributed by atoms with Crippen LogP contribution < -0.4 is 5.32 Å². The third kappa shape index (κ3) is 4.82. The van der Waals surface area contributed by atoms with Crippen molar-refractivity contribution >= 4 is 11.9 Å². The average Bonchev–Trinajstić information content (AvgIpc) is 2.64. The molecule has 0 bridgehead atoms. The molecule has 0 saturated carbocycles. The van der Waals surface area contributed by atoms with Gasteiger partial charge in [-0.15, -0.1) is 0 Å². The van der Waals surface area contributed by atoms with Crippen LogP contribution in [0.15, 0.2) is 60.7 Å². The van der Waals surface area contributed by atoms with Crippen LogP contribution in [0.5, 0.6) is 0 Å². The molecule has 2 rings (SSSR count). The lowest BCUT2D eigenvalue weighted by molar-refractivity contribution is -0.165. The number of nitrogens with one attached hydrogen (secondary N) is 1. The Labute approximate surface area is 147 Å². The second-order valence-corrected chi connectivity index (χ2v) is 5.41. The van der Waals surface area contributed by atoms with Crippen LogP contribution in [0.1, 0.15) is 11.1 Å². The van der Waals surface area contributed by atoms with E-state index in [-0.39, 0.29) is 11.1 Å². The first-order chi connectivity index (χ1) is 12.2. The van der Waals surface area contributed by atoms with Gasteiger partial charge in [-0.3, -0.25) is 4.79 Å². The van der Waals surface area contributed by atoms with Gasteiger partial charge in [0, 0.05) is 0 Å². The summed E-state index contributed by atoms with van der Waals surface area (Å²) in [6.45, 7) is -2.48. The van der Waals surface area contributed by atoms with Gasteiger partial charge in [0.2, 0.25) is 5.60 Å². The number of ether oxygens (including phenoxy) is 1. The highest BCUT2D eigenvalue weighted by atomic mass is 19.4. The zero-order valence-corrected chi connectivity index (χ0v) is 13.5. The van der Waals surface area contributed by atoms with Crippen LogP contribution in [0.2, 0.25) is 0 Å². The number of amides is 1. The molecule has 2 aromatic carbocycles. The maximum Gasteiger partial charge on any atom is 0.405 e. The van der Waals surface area contributed by atoms with Crippen LogP contribution in [0.25, 0.3) is 0 Å². The lowest BCUT2D eigenvalue weighted by Gasteiger charge is -2.27. The van der Waals surface area contributed by atoms with Gasteiger partial charge in [0.25, 0.3) is 5.91 Å². The molecule has 0 aliphatic rings. The van der Waals surface area contributed by atoms with Crippen LogP contribution in [0.3, 0.4) is 0 Å². The number of hydrogen-bond acceptors (Lipinski definition) is 4. The summed E-state index contributed by atoms with van der Waals surface area (Å²) in [6.07, 6.45) is -4.57. The molecule has 1 amide bonds. The van der Waals surface area contributed by atoms with Gasteiger partial charge in [-0.05, 0) is 11.1 Å². The lowest BCUT2D eigenvalue weighted by Crippen LogP contribution is -2.41. The molecule has 0 saturated heterocycles. The monoisotopic (exact) mass is 367 g/mol. The van der Waals surface area contributed by atoms with Crippen LogP contribution in [0.4, 0.5) is 13.2 Å². The number of benzene rings is 2. The predicted octanol–water partition coefficient (Wildman–Crippen LogP) is 2.14. The summed E-state index contributed by atoms with van der Waals surface area (Å²) >= 11 is 0. The van der Waals surface area contributed by atoms with Crippen molar-refractivity contribution in [3.8, 4) is 0 Å². The molecule has 2 aromatic rings. The highest BCUT2D eigenvalue weighted by Crippen LogP contribution is 2.30. The number of carbonyl (C=O) groups is 2. The number of rotatable bonds is 6. The highest BCUT2D eigenvalue weighted by molar-refractivity contribution is 5.88. The zero-order chi connectivity index (χ0) is 19.2. The molecule has 0 aliphatic heterocycles. The molecular formula is C18H16F3NO4. The Morgan fingerprint density at radius 1 is 0.923 bits per heavy atom. The first-order valence-corrected chi connectivity index (χ1v) is 7.57. The van der Waals surface area contributed by atoms with Crippen molar-refractivity contribution < 1.29 is 32.6 Å². The van der Waals surface area contributed by atoms with Crippen LogP contribution in [-0.2, 0) is 19.9 Å². The summed E-state index contributed by atoms with van der Waals surface area (Å²) in [5, 5.41) is 12.6. The van der Waals surface area contributed by atoms with E-state index in [1.807, 2.05) is 0 Å². The topological polar surface area (TPSA) is 75.6 Å². The molecule has 0 aromatic heterocycles. The molecule has 5 nitrogen and oxygen atoms in total. The van der Waals surface area contributed by atoms with E-state index < -0.39 is 36.8 Å².